The standard InChI is InChI=1S/C13H20N4O2/c1-3-13(15,4-2)11(18)16-9-6-5-7-10(8-9)17-12(14)19/h5-8H,3-4,15H2,1-2H3,(H,16,18)(H3,14,17,19). The molecule has 0 unspecified atom stereocenters. The zero-order chi connectivity index (χ0) is 14.5. The minimum absolute atomic E-state index is 0.242. The molecule has 0 spiro atoms. The summed E-state index contributed by atoms with van der Waals surface area (Å²) >= 11 is 0. The molecule has 1 aromatic rings. The minimum Gasteiger partial charge on any atom is -0.351 e. The third kappa shape index (κ3) is 3.96. The predicted octanol–water partition coefficient (Wildman–Crippen LogP) is 1.63. The normalized spacial score (nSPS) is 10.9. The second-order valence-corrected chi connectivity index (χ2v) is 4.39. The van der Waals surface area contributed by atoms with Gasteiger partial charge in [0.25, 0.3) is 0 Å². The Kier molecular flexibility index (Phi) is 4.88. The van der Waals surface area contributed by atoms with Crippen LogP contribution in [0.4, 0.5) is 16.2 Å². The van der Waals surface area contributed by atoms with Crippen LogP contribution in [0.3, 0.4) is 0 Å². The van der Waals surface area contributed by atoms with Crippen LogP contribution in [0.25, 0.3) is 0 Å². The molecule has 3 amide bonds. The van der Waals surface area contributed by atoms with Crippen molar-refractivity contribution in [3.8, 4) is 0 Å². The summed E-state index contributed by atoms with van der Waals surface area (Å²) in [6, 6.07) is 6.07. The molecule has 0 atom stereocenters. The van der Waals surface area contributed by atoms with E-state index in [2.05, 4.69) is 10.6 Å². The van der Waals surface area contributed by atoms with Gasteiger partial charge in [-0.1, -0.05) is 19.9 Å². The zero-order valence-electron chi connectivity index (χ0n) is 11.2. The van der Waals surface area contributed by atoms with Crippen molar-refractivity contribution in [2.75, 3.05) is 10.6 Å². The quantitative estimate of drug-likeness (QED) is 0.648. The summed E-state index contributed by atoms with van der Waals surface area (Å²) in [6.07, 6.45) is 1.10. The molecule has 6 N–H and O–H groups in total. The van der Waals surface area contributed by atoms with Gasteiger partial charge in [-0.3, -0.25) is 4.79 Å². The third-order valence-electron chi connectivity index (χ3n) is 3.10. The molecule has 6 nitrogen and oxygen atoms in total. The lowest BCUT2D eigenvalue weighted by molar-refractivity contribution is -0.121. The Labute approximate surface area is 112 Å². The maximum atomic E-state index is 12.1. The number of nitrogens with two attached hydrogens (primary N) is 2. The zero-order valence-corrected chi connectivity index (χ0v) is 11.2. The first kappa shape index (κ1) is 15.0. The number of urea groups is 1. The Morgan fingerprint density at radius 3 is 2.16 bits per heavy atom. The molecule has 0 aliphatic heterocycles. The van der Waals surface area contributed by atoms with Crippen LogP contribution in [0.1, 0.15) is 26.7 Å². The highest BCUT2D eigenvalue weighted by atomic mass is 16.2. The van der Waals surface area contributed by atoms with Crippen molar-refractivity contribution < 1.29 is 9.59 Å². The van der Waals surface area contributed by atoms with E-state index in [0.29, 0.717) is 24.2 Å². The minimum atomic E-state index is -0.882. The largest absolute Gasteiger partial charge is 0.351 e. The summed E-state index contributed by atoms with van der Waals surface area (Å²) in [6.45, 7) is 3.74. The molecule has 0 bridgehead atoms. The van der Waals surface area contributed by atoms with E-state index in [-0.39, 0.29) is 5.91 Å². The summed E-state index contributed by atoms with van der Waals surface area (Å²) in [7, 11) is 0. The van der Waals surface area contributed by atoms with E-state index in [1.807, 2.05) is 13.8 Å². The van der Waals surface area contributed by atoms with Gasteiger partial charge in [0.15, 0.2) is 0 Å². The van der Waals surface area contributed by atoms with Crippen LogP contribution >= 0.6 is 0 Å². The van der Waals surface area contributed by atoms with Gasteiger partial charge in [0, 0.05) is 11.4 Å². The molecule has 6 heteroatoms. The number of primary amides is 1. The van der Waals surface area contributed by atoms with E-state index in [0.717, 1.165) is 0 Å². The fourth-order valence-corrected chi connectivity index (χ4v) is 1.64. The van der Waals surface area contributed by atoms with Gasteiger partial charge < -0.3 is 22.1 Å². The van der Waals surface area contributed by atoms with Gasteiger partial charge in [-0.15, -0.1) is 0 Å². The molecule has 0 aromatic heterocycles. The average Bonchev–Trinajstić information content (AvgIpc) is 2.37. The van der Waals surface area contributed by atoms with E-state index in [1.54, 1.807) is 24.3 Å². The van der Waals surface area contributed by atoms with Crippen LogP contribution in [-0.2, 0) is 4.79 Å². The smallest absolute Gasteiger partial charge is 0.316 e. The maximum Gasteiger partial charge on any atom is 0.316 e. The van der Waals surface area contributed by atoms with Crippen molar-refractivity contribution in [2.45, 2.75) is 32.2 Å². The molecule has 0 heterocycles. The van der Waals surface area contributed by atoms with Crippen molar-refractivity contribution in [3.63, 3.8) is 0 Å². The monoisotopic (exact) mass is 264 g/mol. The highest BCUT2D eigenvalue weighted by Gasteiger charge is 2.29. The summed E-state index contributed by atoms with van der Waals surface area (Å²) in [5.74, 6) is -0.242. The second-order valence-electron chi connectivity index (χ2n) is 4.39. The molecule has 0 aliphatic carbocycles. The number of rotatable bonds is 5. The number of anilines is 2. The lowest BCUT2D eigenvalue weighted by Gasteiger charge is -2.25. The van der Waals surface area contributed by atoms with E-state index in [1.165, 1.54) is 0 Å². The Morgan fingerprint density at radius 2 is 1.68 bits per heavy atom. The van der Waals surface area contributed by atoms with Crippen molar-refractivity contribution in [1.82, 2.24) is 0 Å². The Hall–Kier alpha value is -2.08. The number of benzene rings is 1. The van der Waals surface area contributed by atoms with Crippen molar-refractivity contribution >= 4 is 23.3 Å². The SMILES string of the molecule is CCC(N)(CC)C(=O)Nc1cccc(NC(N)=O)c1. The Morgan fingerprint density at radius 1 is 1.16 bits per heavy atom. The molecule has 0 saturated heterocycles. The lowest BCUT2D eigenvalue weighted by atomic mass is 9.93. The first-order valence-corrected chi connectivity index (χ1v) is 6.18. The van der Waals surface area contributed by atoms with Gasteiger partial charge in [0.1, 0.15) is 0 Å². The fraction of sp³-hybridized carbons (Fsp3) is 0.385. The molecule has 0 aliphatic rings. The summed E-state index contributed by atoms with van der Waals surface area (Å²) in [5, 5.41) is 5.18. The number of amides is 3. The summed E-state index contributed by atoms with van der Waals surface area (Å²) in [5.41, 5.74) is 11.2. The van der Waals surface area contributed by atoms with Crippen molar-refractivity contribution in [2.24, 2.45) is 11.5 Å². The maximum absolute atomic E-state index is 12.1. The molecule has 0 fully saturated rings. The number of hydrogen-bond donors (Lipinski definition) is 4. The fourth-order valence-electron chi connectivity index (χ4n) is 1.64. The van der Waals surface area contributed by atoms with E-state index >= 15 is 0 Å². The number of hydrogen-bond acceptors (Lipinski definition) is 3. The van der Waals surface area contributed by atoms with Crippen molar-refractivity contribution in [3.05, 3.63) is 24.3 Å². The van der Waals surface area contributed by atoms with Gasteiger partial charge in [0.05, 0.1) is 5.54 Å². The van der Waals surface area contributed by atoms with Gasteiger partial charge in [-0.25, -0.2) is 4.79 Å². The Balaban J connectivity index is 2.82. The predicted molar refractivity (Wildman–Crippen MR) is 75.8 cm³/mol. The molecule has 19 heavy (non-hydrogen) atoms. The number of carbonyl (C=O) groups is 2. The van der Waals surface area contributed by atoms with Crippen LogP contribution in [0.15, 0.2) is 24.3 Å². The molecular weight excluding hydrogens is 244 g/mol. The van der Waals surface area contributed by atoms with Gasteiger partial charge in [0.2, 0.25) is 5.91 Å². The number of nitrogens with one attached hydrogen (secondary N) is 2. The van der Waals surface area contributed by atoms with Gasteiger partial charge in [-0.05, 0) is 31.0 Å². The molecule has 1 rings (SSSR count). The first-order valence-electron chi connectivity index (χ1n) is 6.18. The van der Waals surface area contributed by atoms with E-state index in [4.69, 9.17) is 11.5 Å². The lowest BCUT2D eigenvalue weighted by Crippen LogP contribution is -2.50. The van der Waals surface area contributed by atoms with E-state index < -0.39 is 11.6 Å². The van der Waals surface area contributed by atoms with Crippen LogP contribution in [0.5, 0.6) is 0 Å². The van der Waals surface area contributed by atoms with Crippen LogP contribution in [0.2, 0.25) is 0 Å². The topological polar surface area (TPSA) is 110 Å². The highest BCUT2D eigenvalue weighted by Crippen LogP contribution is 2.18. The Bertz CT molecular complexity index is 469. The second kappa shape index (κ2) is 6.19. The summed E-state index contributed by atoms with van der Waals surface area (Å²) in [4.78, 5) is 22.8. The average molecular weight is 264 g/mol. The third-order valence-corrected chi connectivity index (χ3v) is 3.10. The number of carbonyl (C=O) groups excluding carboxylic acids is 2. The van der Waals surface area contributed by atoms with Crippen molar-refractivity contribution in [1.29, 1.82) is 0 Å². The van der Waals surface area contributed by atoms with Crippen LogP contribution in [-0.4, -0.2) is 17.5 Å². The molecule has 0 radical (unpaired) electrons. The highest BCUT2D eigenvalue weighted by molar-refractivity contribution is 5.98. The summed E-state index contributed by atoms with van der Waals surface area (Å²) < 4.78 is 0. The van der Waals surface area contributed by atoms with E-state index in [9.17, 15) is 9.59 Å². The van der Waals surface area contributed by atoms with Crippen LogP contribution in [0, 0.1) is 0 Å². The van der Waals surface area contributed by atoms with Gasteiger partial charge >= 0.3 is 6.03 Å². The first-order chi connectivity index (χ1) is 8.91. The molecule has 0 saturated carbocycles. The molecule has 1 aromatic carbocycles. The molecular formula is C13H20N4O2. The van der Waals surface area contributed by atoms with Gasteiger partial charge in [-0.2, -0.15) is 0 Å². The van der Waals surface area contributed by atoms with Crippen LogP contribution < -0.4 is 22.1 Å². The molecule has 104 valence electrons.